The van der Waals surface area contributed by atoms with Crippen LogP contribution in [-0.2, 0) is 0 Å². The Morgan fingerprint density at radius 2 is 1.35 bits per heavy atom. The lowest BCUT2D eigenvalue weighted by molar-refractivity contribution is 1.50. The Kier molecular flexibility index (Phi) is 4.92. The Morgan fingerprint density at radius 3 is 2.00 bits per heavy atom. The first-order valence-electron chi connectivity index (χ1n) is 4.59. The van der Waals surface area contributed by atoms with Gasteiger partial charge in [-0.3, -0.25) is 0 Å². The first-order chi connectivity index (χ1) is 7.99. The van der Waals surface area contributed by atoms with Gasteiger partial charge in [-0.2, -0.15) is 0 Å². The first kappa shape index (κ1) is 14.3. The molecule has 0 bridgehead atoms. The third-order valence-electron chi connectivity index (χ3n) is 2.22. The maximum atomic E-state index is 3.60. The molecule has 0 aliphatic carbocycles. The summed E-state index contributed by atoms with van der Waals surface area (Å²) >= 11 is 17.6. The van der Waals surface area contributed by atoms with Crippen molar-refractivity contribution in [2.45, 2.75) is 0 Å². The van der Waals surface area contributed by atoms with Gasteiger partial charge in [-0.15, -0.1) is 0 Å². The van der Waals surface area contributed by atoms with E-state index in [9.17, 15) is 0 Å². The topological polar surface area (TPSA) is 0 Å². The summed E-state index contributed by atoms with van der Waals surface area (Å²) in [5.41, 5.74) is 2.29. The van der Waals surface area contributed by atoms with Gasteiger partial charge < -0.3 is 0 Å². The van der Waals surface area contributed by atoms with Crippen molar-refractivity contribution < 1.29 is 0 Å². The highest BCUT2D eigenvalue weighted by Crippen LogP contribution is 2.38. The minimum absolute atomic E-state index is 1.03. The molecule has 17 heavy (non-hydrogen) atoms. The van der Waals surface area contributed by atoms with E-state index in [1.807, 2.05) is 12.1 Å². The largest absolute Gasteiger partial charge is 0.0531 e. The van der Waals surface area contributed by atoms with Crippen molar-refractivity contribution in [1.29, 1.82) is 0 Å². The number of halogens is 5. The molecule has 0 amide bonds. The molecule has 0 atom stereocenters. The maximum Gasteiger partial charge on any atom is 0.0396 e. The molecule has 2 aromatic rings. The van der Waals surface area contributed by atoms with Crippen LogP contribution in [0.3, 0.4) is 0 Å². The molecule has 0 aliphatic heterocycles. The third kappa shape index (κ3) is 3.24. The van der Waals surface area contributed by atoms with Crippen LogP contribution in [0.15, 0.2) is 52.7 Å². The number of hydrogen-bond acceptors (Lipinski definition) is 0. The molecular weight excluding hydrogens is 544 g/mol. The lowest BCUT2D eigenvalue weighted by atomic mass is 10.1. The zero-order valence-electron chi connectivity index (χ0n) is 8.28. The van der Waals surface area contributed by atoms with Crippen molar-refractivity contribution in [3.05, 3.63) is 52.7 Å². The molecule has 5 heteroatoms. The average molecular weight is 549 g/mol. The number of benzene rings is 2. The monoisotopic (exact) mass is 544 g/mol. The molecule has 0 nitrogen and oxygen atoms in total. The summed E-state index contributed by atoms with van der Waals surface area (Å²) in [6.45, 7) is 0. The Morgan fingerprint density at radius 1 is 0.647 bits per heavy atom. The lowest BCUT2D eigenvalue weighted by Gasteiger charge is -2.09. The summed E-state index contributed by atoms with van der Waals surface area (Å²) in [6, 6.07) is 10.3. The molecule has 0 saturated heterocycles. The predicted octanol–water partition coefficient (Wildman–Crippen LogP) is 7.17. The van der Waals surface area contributed by atoms with Crippen LogP contribution in [0, 0.1) is 0 Å². The van der Waals surface area contributed by atoms with Crippen LogP contribution < -0.4 is 0 Å². The Bertz CT molecular complexity index is 577. The molecule has 0 fully saturated rings. The van der Waals surface area contributed by atoms with Gasteiger partial charge in [0.1, 0.15) is 0 Å². The zero-order chi connectivity index (χ0) is 12.6. The molecule has 0 saturated carbocycles. The minimum Gasteiger partial charge on any atom is -0.0531 e. The molecule has 0 radical (unpaired) electrons. The van der Waals surface area contributed by atoms with E-state index in [0.29, 0.717) is 0 Å². The summed E-state index contributed by atoms with van der Waals surface area (Å²) in [7, 11) is 0. The second kappa shape index (κ2) is 5.87. The normalized spacial score (nSPS) is 10.6. The summed E-state index contributed by atoms with van der Waals surface area (Å²) in [4.78, 5) is 0. The van der Waals surface area contributed by atoms with Gasteiger partial charge in [0.15, 0.2) is 0 Å². The Hall–Kier alpha value is 0.840. The van der Waals surface area contributed by atoms with Crippen LogP contribution in [0.2, 0.25) is 0 Å². The minimum atomic E-state index is 1.03. The van der Waals surface area contributed by atoms with Gasteiger partial charge in [0.05, 0.1) is 0 Å². The fourth-order valence-electron chi connectivity index (χ4n) is 1.43. The second-order valence-corrected chi connectivity index (χ2v) is 7.65. The molecule has 0 heterocycles. The highest BCUT2D eigenvalue weighted by molar-refractivity contribution is 9.13. The molecule has 0 aliphatic rings. The van der Waals surface area contributed by atoms with Crippen LogP contribution in [0.25, 0.3) is 11.1 Å². The van der Waals surface area contributed by atoms with E-state index in [0.717, 1.165) is 33.5 Å². The van der Waals surface area contributed by atoms with Gasteiger partial charge in [-0.25, -0.2) is 0 Å². The van der Waals surface area contributed by atoms with Crippen LogP contribution in [0.4, 0.5) is 0 Å². The summed E-state index contributed by atoms with van der Waals surface area (Å²) < 4.78 is 5.21. The summed E-state index contributed by atoms with van der Waals surface area (Å²) in [5.74, 6) is 0. The van der Waals surface area contributed by atoms with Crippen molar-refractivity contribution in [2.24, 2.45) is 0 Å². The van der Waals surface area contributed by atoms with Gasteiger partial charge in [0, 0.05) is 22.4 Å². The van der Waals surface area contributed by atoms with Gasteiger partial charge in [0.2, 0.25) is 0 Å². The standard InChI is InChI=1S/C12H5Br5/c13-7-4-8(12(17)11(16)5-7)6-1-2-9(14)10(15)3-6/h1-5H. The van der Waals surface area contributed by atoms with Crippen molar-refractivity contribution in [3.8, 4) is 11.1 Å². The highest BCUT2D eigenvalue weighted by Gasteiger charge is 2.09. The lowest BCUT2D eigenvalue weighted by Crippen LogP contribution is -1.83. The molecule has 0 spiro atoms. The molecular formula is C12H5Br5. The van der Waals surface area contributed by atoms with E-state index in [1.165, 1.54) is 0 Å². The van der Waals surface area contributed by atoms with Crippen molar-refractivity contribution in [2.75, 3.05) is 0 Å². The van der Waals surface area contributed by atoms with Crippen LogP contribution >= 0.6 is 79.6 Å². The van der Waals surface area contributed by atoms with Gasteiger partial charge in [-0.05, 0) is 99.1 Å². The number of rotatable bonds is 1. The molecule has 2 rings (SSSR count). The SMILES string of the molecule is Brc1cc(Br)c(Br)c(-c2ccc(Br)c(Br)c2)c1. The molecule has 0 N–H and O–H groups in total. The second-order valence-electron chi connectivity index (χ2n) is 3.38. The van der Waals surface area contributed by atoms with E-state index in [2.05, 4.69) is 97.8 Å². The maximum absolute atomic E-state index is 3.60. The molecule has 0 aromatic heterocycles. The van der Waals surface area contributed by atoms with E-state index in [1.54, 1.807) is 0 Å². The first-order valence-corrected chi connectivity index (χ1v) is 8.55. The molecule has 88 valence electrons. The van der Waals surface area contributed by atoms with Crippen LogP contribution in [0.5, 0.6) is 0 Å². The van der Waals surface area contributed by atoms with Gasteiger partial charge in [0.25, 0.3) is 0 Å². The smallest absolute Gasteiger partial charge is 0.0396 e. The fraction of sp³-hybridized carbons (Fsp3) is 0. The van der Waals surface area contributed by atoms with Gasteiger partial charge in [-0.1, -0.05) is 22.0 Å². The van der Waals surface area contributed by atoms with Crippen molar-refractivity contribution >= 4 is 79.6 Å². The molecule has 2 aromatic carbocycles. The van der Waals surface area contributed by atoms with E-state index < -0.39 is 0 Å². The van der Waals surface area contributed by atoms with E-state index in [-0.39, 0.29) is 0 Å². The third-order valence-corrected chi connectivity index (χ3v) is 6.57. The van der Waals surface area contributed by atoms with E-state index >= 15 is 0 Å². The Balaban J connectivity index is 2.64. The fourth-order valence-corrected chi connectivity index (χ4v) is 3.74. The van der Waals surface area contributed by atoms with Crippen molar-refractivity contribution in [1.82, 2.24) is 0 Å². The van der Waals surface area contributed by atoms with E-state index in [4.69, 9.17) is 0 Å². The van der Waals surface area contributed by atoms with Gasteiger partial charge >= 0.3 is 0 Å². The summed E-state index contributed by atoms with van der Waals surface area (Å²) in [5, 5.41) is 0. The average Bonchev–Trinajstić information content (AvgIpc) is 2.27. The number of hydrogen-bond donors (Lipinski definition) is 0. The predicted molar refractivity (Wildman–Crippen MR) is 90.4 cm³/mol. The zero-order valence-corrected chi connectivity index (χ0v) is 16.2. The quantitative estimate of drug-likeness (QED) is 0.332. The van der Waals surface area contributed by atoms with Crippen molar-refractivity contribution in [3.63, 3.8) is 0 Å². The summed E-state index contributed by atoms with van der Waals surface area (Å²) in [6.07, 6.45) is 0. The van der Waals surface area contributed by atoms with Crippen LogP contribution in [0.1, 0.15) is 0 Å². The van der Waals surface area contributed by atoms with Crippen LogP contribution in [-0.4, -0.2) is 0 Å². The molecule has 0 unspecified atom stereocenters. The Labute approximate surface area is 142 Å². The highest BCUT2D eigenvalue weighted by atomic mass is 79.9.